The summed E-state index contributed by atoms with van der Waals surface area (Å²) in [6.07, 6.45) is -7.40. The summed E-state index contributed by atoms with van der Waals surface area (Å²) in [5, 5.41) is 29.5. The molecule has 1 fully saturated rings. The second kappa shape index (κ2) is 12.3. The Morgan fingerprint density at radius 1 is 1.20 bits per heavy atom. The van der Waals surface area contributed by atoms with Crippen molar-refractivity contribution in [3.8, 4) is 0 Å². The summed E-state index contributed by atoms with van der Waals surface area (Å²) in [4.78, 5) is 21.5. The van der Waals surface area contributed by atoms with Gasteiger partial charge < -0.3 is 36.6 Å². The lowest BCUT2D eigenvalue weighted by Crippen LogP contribution is -2.44. The van der Waals surface area contributed by atoms with E-state index in [9.17, 15) is 28.2 Å². The van der Waals surface area contributed by atoms with Gasteiger partial charge in [0.1, 0.15) is 36.0 Å². The molecule has 0 aliphatic carbocycles. The normalized spacial score (nSPS) is 24.3. The Balaban J connectivity index is 1.30. The van der Waals surface area contributed by atoms with Crippen LogP contribution >= 0.6 is 0 Å². The van der Waals surface area contributed by atoms with Crippen molar-refractivity contribution in [2.75, 3.05) is 36.8 Å². The average molecular weight is 583 g/mol. The van der Waals surface area contributed by atoms with Gasteiger partial charge in [-0.3, -0.25) is 14.5 Å². The molecule has 0 spiro atoms. The summed E-state index contributed by atoms with van der Waals surface area (Å²) < 4.78 is 47.3. The van der Waals surface area contributed by atoms with Crippen molar-refractivity contribution in [1.82, 2.24) is 19.8 Å². The van der Waals surface area contributed by atoms with Gasteiger partial charge in [-0.05, 0) is 29.5 Å². The molecule has 1 aromatic heterocycles. The highest BCUT2D eigenvalue weighted by atomic mass is 19.4. The first kappa shape index (κ1) is 30.7. The minimum atomic E-state index is -4.51. The van der Waals surface area contributed by atoms with Gasteiger partial charge in [0, 0.05) is 25.3 Å². The lowest BCUT2D eigenvalue weighted by atomic mass is 9.87. The molecule has 15 heteroatoms. The summed E-state index contributed by atoms with van der Waals surface area (Å²) in [5.74, 6) is 0.408. The van der Waals surface area contributed by atoms with Crippen LogP contribution in [-0.2, 0) is 10.2 Å². The molecule has 2 amide bonds. The summed E-state index contributed by atoms with van der Waals surface area (Å²) in [5.41, 5.74) is 7.98. The summed E-state index contributed by atoms with van der Waals surface area (Å²) in [6, 6.07) is 6.95. The van der Waals surface area contributed by atoms with Gasteiger partial charge in [0.25, 0.3) is 0 Å². The number of nitrogens with zero attached hydrogens (tertiary/aromatic N) is 4. The number of rotatable bonds is 9. The van der Waals surface area contributed by atoms with Gasteiger partial charge in [0.2, 0.25) is 0 Å². The van der Waals surface area contributed by atoms with Crippen molar-refractivity contribution in [1.29, 1.82) is 0 Å². The molecule has 4 rings (SSSR count). The van der Waals surface area contributed by atoms with E-state index in [0.717, 1.165) is 10.5 Å². The topological polar surface area (TPSA) is 162 Å². The average Bonchev–Trinajstić information content (AvgIpc) is 3.43. The number of aromatic nitrogens is 2. The van der Waals surface area contributed by atoms with Gasteiger partial charge in [-0.2, -0.15) is 13.2 Å². The molecule has 1 unspecified atom stereocenters. The van der Waals surface area contributed by atoms with E-state index in [1.165, 1.54) is 17.2 Å². The highest BCUT2D eigenvalue weighted by Crippen LogP contribution is 2.35. The highest BCUT2D eigenvalue weighted by Gasteiger charge is 2.46. The molecule has 0 bridgehead atoms. The minimum absolute atomic E-state index is 0.0266. The van der Waals surface area contributed by atoms with Crippen molar-refractivity contribution < 1.29 is 32.9 Å². The molecule has 0 radical (unpaired) electrons. The van der Waals surface area contributed by atoms with Crippen LogP contribution in [0.15, 0.2) is 35.6 Å². The summed E-state index contributed by atoms with van der Waals surface area (Å²) in [7, 11) is 0. The third kappa shape index (κ3) is 7.74. The number of aliphatic imine (C=N–C) groups is 1. The van der Waals surface area contributed by atoms with Crippen LogP contribution in [0.25, 0.3) is 0 Å². The largest absolute Gasteiger partial charge is 0.401 e. The second-order valence-electron chi connectivity index (χ2n) is 11.2. The van der Waals surface area contributed by atoms with Crippen LogP contribution in [0, 0.1) is 0 Å². The van der Waals surface area contributed by atoms with Crippen molar-refractivity contribution in [3.63, 3.8) is 0 Å². The highest BCUT2D eigenvalue weighted by molar-refractivity contribution is 5.89. The second-order valence-corrected chi connectivity index (χ2v) is 11.2. The van der Waals surface area contributed by atoms with Crippen molar-refractivity contribution in [2.45, 2.75) is 69.5 Å². The first-order valence-corrected chi connectivity index (χ1v) is 13.3. The fraction of sp³-hybridized carbons (Fsp3) is 0.577. The number of carbonyl (C=O) groups is 1. The van der Waals surface area contributed by atoms with Gasteiger partial charge >= 0.3 is 12.2 Å². The van der Waals surface area contributed by atoms with Crippen molar-refractivity contribution in [2.24, 2.45) is 10.7 Å². The van der Waals surface area contributed by atoms with Crippen LogP contribution < -0.4 is 21.7 Å². The van der Waals surface area contributed by atoms with Crippen LogP contribution in [0.5, 0.6) is 0 Å². The zero-order valence-electron chi connectivity index (χ0n) is 23.1. The number of alkyl halides is 3. The Morgan fingerprint density at radius 2 is 1.90 bits per heavy atom. The van der Waals surface area contributed by atoms with E-state index in [2.05, 4.69) is 46.7 Å². The molecule has 2 aromatic rings. The number of nitrogens with two attached hydrogens (primary N) is 1. The number of hydrogen-bond acceptors (Lipinski definition) is 9. The standard InChI is InChI=1S/C26H37F3N8O4/c1-25(2,3)15-5-7-16(8-6-15)35-24(40)31-9-4-10-36(12-26(27,28)29)11-17-19(38)20(39)23(41-17)37-14-34-18-21(30)32-13-33-22(18)37/h5-8,13-14,17,19-21,23,38-39H,4,9-12,30H2,1-3H3,(H,32,33)(H2,31,35,40)/t17-,19-,20-,21?,23+/m1/s1. The van der Waals surface area contributed by atoms with Gasteiger partial charge in [-0.15, -0.1) is 0 Å². The number of aliphatic hydroxyl groups excluding tert-OH is 2. The molecule has 41 heavy (non-hydrogen) atoms. The zero-order chi connectivity index (χ0) is 29.9. The molecule has 3 heterocycles. The maximum atomic E-state index is 13.3. The lowest BCUT2D eigenvalue weighted by Gasteiger charge is -2.27. The third-order valence-electron chi connectivity index (χ3n) is 6.94. The number of carbonyl (C=O) groups excluding carboxylic acids is 1. The fourth-order valence-electron chi connectivity index (χ4n) is 4.77. The number of aliphatic hydroxyl groups is 2. The maximum absolute atomic E-state index is 13.3. The summed E-state index contributed by atoms with van der Waals surface area (Å²) >= 11 is 0. The van der Waals surface area contributed by atoms with Crippen LogP contribution in [0.1, 0.15) is 50.8 Å². The van der Waals surface area contributed by atoms with Crippen molar-refractivity contribution >= 4 is 23.9 Å². The molecule has 12 nitrogen and oxygen atoms in total. The lowest BCUT2D eigenvalue weighted by molar-refractivity contribution is -0.151. The predicted octanol–water partition coefficient (Wildman–Crippen LogP) is 2.29. The molecule has 0 saturated carbocycles. The van der Waals surface area contributed by atoms with Crippen LogP contribution in [0.3, 0.4) is 0 Å². The molecule has 7 N–H and O–H groups in total. The molecule has 1 aromatic carbocycles. The van der Waals surface area contributed by atoms with Crippen LogP contribution in [0.4, 0.5) is 29.5 Å². The monoisotopic (exact) mass is 582 g/mol. The van der Waals surface area contributed by atoms with Crippen LogP contribution in [0.2, 0.25) is 0 Å². The molecule has 2 aliphatic rings. The first-order valence-electron chi connectivity index (χ1n) is 13.3. The van der Waals surface area contributed by atoms with Crippen LogP contribution in [-0.4, -0.2) is 87.7 Å². The predicted molar refractivity (Wildman–Crippen MR) is 146 cm³/mol. The summed E-state index contributed by atoms with van der Waals surface area (Å²) in [6.45, 7) is 4.78. The van der Waals surface area contributed by atoms with E-state index in [0.29, 0.717) is 17.2 Å². The number of urea groups is 1. The Morgan fingerprint density at radius 3 is 2.56 bits per heavy atom. The molecular formula is C26H37F3N8O4. The third-order valence-corrected chi connectivity index (χ3v) is 6.94. The van der Waals surface area contributed by atoms with E-state index in [4.69, 9.17) is 10.5 Å². The number of halogens is 3. The number of ether oxygens (including phenoxy) is 1. The number of anilines is 2. The van der Waals surface area contributed by atoms with E-state index >= 15 is 0 Å². The maximum Gasteiger partial charge on any atom is 0.401 e. The number of fused-ring (bicyclic) bond motifs is 1. The van der Waals surface area contributed by atoms with Crippen molar-refractivity contribution in [3.05, 3.63) is 41.9 Å². The Hall–Kier alpha value is -3.24. The number of nitrogens with one attached hydrogen (secondary N) is 3. The molecular weight excluding hydrogens is 545 g/mol. The SMILES string of the molecule is CC(C)(C)c1ccc(NC(=O)NCCCN(C[C@H]2O[C@H](n3cnc4c3NC=NC4N)[C@H](O)[C@@H]2O)CC(F)(F)F)cc1. The molecule has 1 saturated heterocycles. The Kier molecular flexibility index (Phi) is 9.23. The number of amides is 2. The fourth-order valence-corrected chi connectivity index (χ4v) is 4.77. The quantitative estimate of drug-likeness (QED) is 0.246. The smallest absolute Gasteiger partial charge is 0.387 e. The van der Waals surface area contributed by atoms with Gasteiger partial charge in [0.15, 0.2) is 6.23 Å². The van der Waals surface area contributed by atoms with E-state index in [-0.39, 0.29) is 31.5 Å². The minimum Gasteiger partial charge on any atom is -0.387 e. The Bertz CT molecular complexity index is 1210. The first-order chi connectivity index (χ1) is 19.2. The van der Waals surface area contributed by atoms with Gasteiger partial charge in [-0.1, -0.05) is 32.9 Å². The number of benzene rings is 1. The number of imidazole rings is 1. The van der Waals surface area contributed by atoms with E-state index in [1.54, 1.807) is 12.1 Å². The number of hydrogen-bond donors (Lipinski definition) is 6. The molecule has 2 aliphatic heterocycles. The Labute approximate surface area is 235 Å². The van der Waals surface area contributed by atoms with Gasteiger partial charge in [0.05, 0.1) is 19.2 Å². The van der Waals surface area contributed by atoms with E-state index < -0.39 is 49.5 Å². The molecule has 5 atom stereocenters. The molecule has 226 valence electrons. The van der Waals surface area contributed by atoms with E-state index in [1.807, 2.05) is 12.1 Å². The zero-order valence-corrected chi connectivity index (χ0v) is 23.1. The van der Waals surface area contributed by atoms with Gasteiger partial charge in [-0.25, -0.2) is 9.78 Å².